The highest BCUT2D eigenvalue weighted by atomic mass is 16.6. The molecule has 1 amide bonds. The van der Waals surface area contributed by atoms with Gasteiger partial charge in [0.05, 0.1) is 19.3 Å². The van der Waals surface area contributed by atoms with Crippen LogP contribution in [0.25, 0.3) is 0 Å². The van der Waals surface area contributed by atoms with Crippen molar-refractivity contribution in [3.05, 3.63) is 23.8 Å². The Labute approximate surface area is 173 Å². The first kappa shape index (κ1) is 22.0. The van der Waals surface area contributed by atoms with Gasteiger partial charge in [-0.1, -0.05) is 6.07 Å². The molecular weight excluding hydrogens is 394 g/mol. The lowest BCUT2D eigenvalue weighted by Gasteiger charge is -2.27. The zero-order valence-corrected chi connectivity index (χ0v) is 16.7. The molecule has 10 nitrogen and oxygen atoms in total. The predicted octanol–water partition coefficient (Wildman–Crippen LogP) is -0.731. The molecule has 1 unspecified atom stereocenters. The van der Waals surface area contributed by atoms with Crippen molar-refractivity contribution in [1.82, 2.24) is 10.2 Å². The highest BCUT2D eigenvalue weighted by Crippen LogP contribution is 2.30. The Bertz CT molecular complexity index is 810. The highest BCUT2D eigenvalue weighted by Gasteiger charge is 2.44. The third-order valence-electron chi connectivity index (χ3n) is 5.46. The van der Waals surface area contributed by atoms with Crippen molar-refractivity contribution in [2.75, 3.05) is 20.2 Å². The number of carboxylic acid groups (broad SMARTS) is 1. The second kappa shape index (κ2) is 9.41. The Balaban J connectivity index is 1.73. The number of likely N-dealkylation sites (tertiary alicyclic amines) is 1. The maximum atomic E-state index is 12.8. The zero-order chi connectivity index (χ0) is 21.8. The lowest BCUT2D eigenvalue weighted by molar-refractivity contribution is -0.149. The van der Waals surface area contributed by atoms with Gasteiger partial charge in [-0.2, -0.15) is 0 Å². The second-order valence-electron chi connectivity index (χ2n) is 7.54. The zero-order valence-electron chi connectivity index (χ0n) is 16.7. The van der Waals surface area contributed by atoms with E-state index in [0.717, 1.165) is 13.0 Å². The Morgan fingerprint density at radius 2 is 2.07 bits per heavy atom. The van der Waals surface area contributed by atoms with Gasteiger partial charge in [0.15, 0.2) is 17.5 Å². The minimum Gasteiger partial charge on any atom is -0.493 e. The molecule has 0 spiro atoms. The summed E-state index contributed by atoms with van der Waals surface area (Å²) in [5.74, 6) is -1.75. The number of amides is 1. The number of aliphatic carboxylic acids is 1. The van der Waals surface area contributed by atoms with Crippen LogP contribution in [-0.4, -0.2) is 77.4 Å². The Hall–Kier alpha value is -2.69. The Morgan fingerprint density at radius 3 is 2.70 bits per heavy atom. The van der Waals surface area contributed by atoms with Crippen molar-refractivity contribution in [3.63, 3.8) is 0 Å². The van der Waals surface area contributed by atoms with E-state index < -0.39 is 30.1 Å². The van der Waals surface area contributed by atoms with Gasteiger partial charge in [0.1, 0.15) is 6.04 Å². The molecule has 0 aromatic heterocycles. The second-order valence-corrected chi connectivity index (χ2v) is 7.54. The smallest absolute Gasteiger partial charge is 0.337 e. The summed E-state index contributed by atoms with van der Waals surface area (Å²) in [4.78, 5) is 37.9. The molecule has 4 atom stereocenters. The van der Waals surface area contributed by atoms with Gasteiger partial charge in [-0.15, -0.1) is 0 Å². The number of ether oxygens (including phenoxy) is 2. The monoisotopic (exact) mass is 421 g/mol. The number of hydrogen-bond donors (Lipinski definition) is 4. The number of nitrogens with two attached hydrogens (primary N) is 1. The average Bonchev–Trinajstić information content (AvgIpc) is 3.38. The molecule has 0 radical (unpaired) electrons. The van der Waals surface area contributed by atoms with Gasteiger partial charge >= 0.3 is 11.9 Å². The molecule has 10 heteroatoms. The van der Waals surface area contributed by atoms with Gasteiger partial charge in [0.2, 0.25) is 5.91 Å². The Kier molecular flexibility index (Phi) is 6.91. The number of esters is 1. The molecule has 1 aromatic rings. The normalized spacial score (nSPS) is 24.5. The molecule has 164 valence electrons. The molecule has 2 aliphatic heterocycles. The summed E-state index contributed by atoms with van der Waals surface area (Å²) in [6.45, 7) is 1.03. The van der Waals surface area contributed by atoms with Crippen LogP contribution >= 0.6 is 0 Å². The lowest BCUT2D eigenvalue weighted by Crippen LogP contribution is -2.52. The summed E-state index contributed by atoms with van der Waals surface area (Å²) in [5, 5.41) is 22.4. The highest BCUT2D eigenvalue weighted by molar-refractivity contribution is 5.89. The number of aliphatic hydroxyl groups is 1. The topological polar surface area (TPSA) is 151 Å². The van der Waals surface area contributed by atoms with E-state index in [2.05, 4.69) is 5.32 Å². The molecule has 2 saturated heterocycles. The number of methoxy groups -OCH3 is 1. The van der Waals surface area contributed by atoms with E-state index in [1.54, 1.807) is 12.1 Å². The van der Waals surface area contributed by atoms with E-state index in [1.807, 2.05) is 0 Å². The molecule has 2 fully saturated rings. The largest absolute Gasteiger partial charge is 0.493 e. The van der Waals surface area contributed by atoms with Crippen LogP contribution in [0.4, 0.5) is 0 Å². The summed E-state index contributed by atoms with van der Waals surface area (Å²) in [7, 11) is 1.39. The molecule has 2 heterocycles. The van der Waals surface area contributed by atoms with Crippen LogP contribution in [0.15, 0.2) is 18.2 Å². The van der Waals surface area contributed by atoms with Crippen LogP contribution in [0, 0.1) is 0 Å². The maximum absolute atomic E-state index is 12.8. The SMILES string of the molecule is COc1cc(C[C@H](N)C(=O)O)ccc1OC(=O)[C@@H]1C(O)CCN1C(=O)[C@@H]1CCCN1. The van der Waals surface area contributed by atoms with Crippen molar-refractivity contribution >= 4 is 17.8 Å². The average molecular weight is 421 g/mol. The quantitative estimate of drug-likeness (QED) is 0.330. The molecule has 0 aliphatic carbocycles. The molecule has 2 aliphatic rings. The van der Waals surface area contributed by atoms with Gasteiger partial charge in [-0.05, 0) is 49.9 Å². The first-order chi connectivity index (χ1) is 14.3. The van der Waals surface area contributed by atoms with Crippen molar-refractivity contribution in [2.24, 2.45) is 5.73 Å². The summed E-state index contributed by atoms with van der Waals surface area (Å²) < 4.78 is 10.7. The van der Waals surface area contributed by atoms with Gasteiger partial charge in [0.25, 0.3) is 0 Å². The van der Waals surface area contributed by atoms with Gasteiger partial charge < -0.3 is 35.6 Å². The molecule has 3 rings (SSSR count). The third kappa shape index (κ3) is 4.72. The molecular formula is C20H27N3O7. The maximum Gasteiger partial charge on any atom is 0.337 e. The number of benzene rings is 1. The van der Waals surface area contributed by atoms with Crippen LogP contribution in [-0.2, 0) is 20.8 Å². The summed E-state index contributed by atoms with van der Waals surface area (Å²) in [6, 6.07) is 2.10. The number of carboxylic acids is 1. The fourth-order valence-electron chi connectivity index (χ4n) is 3.84. The van der Waals surface area contributed by atoms with Crippen molar-refractivity contribution < 1.29 is 34.1 Å². The van der Waals surface area contributed by atoms with E-state index in [-0.39, 0.29) is 36.4 Å². The number of carbonyl (C=O) groups is 3. The fraction of sp³-hybridized carbons (Fsp3) is 0.550. The van der Waals surface area contributed by atoms with E-state index in [0.29, 0.717) is 18.4 Å². The van der Waals surface area contributed by atoms with Crippen LogP contribution in [0.5, 0.6) is 11.5 Å². The van der Waals surface area contributed by atoms with Crippen molar-refractivity contribution in [2.45, 2.75) is 49.9 Å². The molecule has 0 bridgehead atoms. The molecule has 30 heavy (non-hydrogen) atoms. The molecule has 0 saturated carbocycles. The lowest BCUT2D eigenvalue weighted by atomic mass is 10.1. The van der Waals surface area contributed by atoms with Crippen molar-refractivity contribution in [3.8, 4) is 11.5 Å². The van der Waals surface area contributed by atoms with E-state index >= 15 is 0 Å². The predicted molar refractivity (Wildman–Crippen MR) is 105 cm³/mol. The summed E-state index contributed by atoms with van der Waals surface area (Å²) in [6.07, 6.45) is 0.943. The number of nitrogens with zero attached hydrogens (tertiary/aromatic N) is 1. The number of nitrogens with one attached hydrogen (secondary N) is 1. The first-order valence-electron chi connectivity index (χ1n) is 9.90. The minimum atomic E-state index is -1.12. The minimum absolute atomic E-state index is 0.0813. The van der Waals surface area contributed by atoms with E-state index in [4.69, 9.17) is 20.3 Å². The molecule has 1 aromatic carbocycles. The van der Waals surface area contributed by atoms with E-state index in [9.17, 15) is 19.5 Å². The van der Waals surface area contributed by atoms with E-state index in [1.165, 1.54) is 18.1 Å². The summed E-state index contributed by atoms with van der Waals surface area (Å²) in [5.41, 5.74) is 6.16. The van der Waals surface area contributed by atoms with Crippen molar-refractivity contribution in [1.29, 1.82) is 0 Å². The first-order valence-corrected chi connectivity index (χ1v) is 9.90. The number of rotatable bonds is 7. The third-order valence-corrected chi connectivity index (χ3v) is 5.46. The van der Waals surface area contributed by atoms with Crippen LogP contribution in [0.2, 0.25) is 0 Å². The van der Waals surface area contributed by atoms with Gasteiger partial charge in [0, 0.05) is 6.54 Å². The number of aliphatic hydroxyl groups excluding tert-OH is 1. The van der Waals surface area contributed by atoms with Gasteiger partial charge in [-0.3, -0.25) is 9.59 Å². The molecule has 5 N–H and O–H groups in total. The van der Waals surface area contributed by atoms with Crippen LogP contribution in [0.1, 0.15) is 24.8 Å². The van der Waals surface area contributed by atoms with Gasteiger partial charge in [-0.25, -0.2) is 4.79 Å². The number of carbonyl (C=O) groups excluding carboxylic acids is 2. The summed E-state index contributed by atoms with van der Waals surface area (Å²) >= 11 is 0. The standard InChI is InChI=1S/C20H27N3O7/c1-29-16-10-11(9-12(21)19(26)27)4-5-15(16)30-20(28)17-14(24)6-8-23(17)18(25)13-3-2-7-22-13/h4-5,10,12-14,17,22,24H,2-3,6-9,21H2,1H3,(H,26,27)/t12-,13-,14?,17-/m0/s1. The van der Waals surface area contributed by atoms with Crippen LogP contribution in [0.3, 0.4) is 0 Å². The Morgan fingerprint density at radius 1 is 1.30 bits per heavy atom. The van der Waals surface area contributed by atoms with Crippen LogP contribution < -0.4 is 20.5 Å². The number of hydrogen-bond acceptors (Lipinski definition) is 8. The fourth-order valence-corrected chi connectivity index (χ4v) is 3.84.